The molecule has 1 N–H and O–H groups in total. The van der Waals surface area contributed by atoms with Gasteiger partial charge in [0.2, 0.25) is 5.91 Å². The van der Waals surface area contributed by atoms with Gasteiger partial charge >= 0.3 is 0 Å². The van der Waals surface area contributed by atoms with Crippen molar-refractivity contribution in [2.45, 2.75) is 57.4 Å². The highest BCUT2D eigenvalue weighted by molar-refractivity contribution is 5.82. The first-order valence-corrected chi connectivity index (χ1v) is 11.6. The minimum atomic E-state index is -0.104. The minimum absolute atomic E-state index is 0.000863. The maximum absolute atomic E-state index is 14.2. The molecule has 2 fully saturated rings. The number of pyridine rings is 1. The second-order valence-electron chi connectivity index (χ2n) is 9.73. The van der Waals surface area contributed by atoms with E-state index >= 15 is 0 Å². The summed E-state index contributed by atoms with van der Waals surface area (Å²) in [6.45, 7) is 7.06. The molecule has 3 heterocycles. The highest BCUT2D eigenvalue weighted by Crippen LogP contribution is 2.47. The maximum Gasteiger partial charge on any atom is 0.228 e. The first-order chi connectivity index (χ1) is 14.6. The van der Waals surface area contributed by atoms with Gasteiger partial charge in [-0.15, -0.1) is 0 Å². The van der Waals surface area contributed by atoms with Crippen molar-refractivity contribution in [2.24, 2.45) is 11.8 Å². The summed E-state index contributed by atoms with van der Waals surface area (Å²) in [7, 11) is 0. The summed E-state index contributed by atoms with van der Waals surface area (Å²) in [5.74, 6) is 0.993. The molecule has 3 aliphatic rings. The Morgan fingerprint density at radius 3 is 2.90 bits per heavy atom. The van der Waals surface area contributed by atoms with Crippen LogP contribution in [-0.4, -0.2) is 35.4 Å². The number of nitrogens with zero attached hydrogens (tertiary/aromatic N) is 2. The number of amides is 1. The van der Waals surface area contributed by atoms with Crippen LogP contribution in [0.15, 0.2) is 42.6 Å². The lowest BCUT2D eigenvalue weighted by Gasteiger charge is -2.45. The third-order valence-corrected chi connectivity index (χ3v) is 7.86. The zero-order chi connectivity index (χ0) is 20.7. The molecule has 5 rings (SSSR count). The molecular weight excluding hydrogens is 370 g/mol. The van der Waals surface area contributed by atoms with E-state index in [1.54, 1.807) is 0 Å². The van der Waals surface area contributed by atoms with Gasteiger partial charge in [0, 0.05) is 36.9 Å². The smallest absolute Gasteiger partial charge is 0.228 e. The number of rotatable bonds is 2. The Morgan fingerprint density at radius 1 is 1.23 bits per heavy atom. The van der Waals surface area contributed by atoms with E-state index in [-0.39, 0.29) is 17.4 Å². The quantitative estimate of drug-likeness (QED) is 0.818. The van der Waals surface area contributed by atoms with Crippen LogP contribution >= 0.6 is 0 Å². The Hall–Kier alpha value is -2.20. The lowest BCUT2D eigenvalue weighted by atomic mass is 9.64. The van der Waals surface area contributed by atoms with Gasteiger partial charge in [0.15, 0.2) is 0 Å². The fourth-order valence-corrected chi connectivity index (χ4v) is 6.38. The predicted molar refractivity (Wildman–Crippen MR) is 119 cm³/mol. The number of carbonyl (C=O) groups excluding carboxylic acids is 1. The second-order valence-corrected chi connectivity index (χ2v) is 9.73. The summed E-state index contributed by atoms with van der Waals surface area (Å²) in [6.07, 6.45) is 7.32. The lowest BCUT2D eigenvalue weighted by Crippen LogP contribution is -2.50. The molecule has 4 atom stereocenters. The summed E-state index contributed by atoms with van der Waals surface area (Å²) < 4.78 is 0. The first kappa shape index (κ1) is 19.7. The van der Waals surface area contributed by atoms with Gasteiger partial charge < -0.3 is 10.2 Å². The number of benzene rings is 1. The molecule has 0 bridgehead atoms. The summed E-state index contributed by atoms with van der Waals surface area (Å²) in [5.41, 5.74) is 5.05. The molecule has 1 aromatic heterocycles. The van der Waals surface area contributed by atoms with Crippen molar-refractivity contribution >= 4 is 5.91 Å². The topological polar surface area (TPSA) is 45.2 Å². The molecule has 0 radical (unpaired) electrons. The summed E-state index contributed by atoms with van der Waals surface area (Å²) in [4.78, 5) is 21.1. The predicted octanol–water partition coefficient (Wildman–Crippen LogP) is 4.18. The van der Waals surface area contributed by atoms with Gasteiger partial charge in [0.1, 0.15) is 0 Å². The molecule has 30 heavy (non-hydrogen) atoms. The van der Waals surface area contributed by atoms with Crippen LogP contribution in [0.1, 0.15) is 61.0 Å². The molecule has 4 nitrogen and oxygen atoms in total. The van der Waals surface area contributed by atoms with E-state index in [9.17, 15) is 4.79 Å². The van der Waals surface area contributed by atoms with Crippen LogP contribution < -0.4 is 5.32 Å². The normalized spacial score (nSPS) is 31.0. The van der Waals surface area contributed by atoms with E-state index < -0.39 is 0 Å². The largest absolute Gasteiger partial charge is 0.335 e. The number of aromatic nitrogens is 1. The van der Waals surface area contributed by atoms with Gasteiger partial charge in [-0.3, -0.25) is 9.78 Å². The Kier molecular flexibility index (Phi) is 5.14. The van der Waals surface area contributed by atoms with Crippen LogP contribution in [0.2, 0.25) is 0 Å². The molecule has 1 unspecified atom stereocenters. The third-order valence-electron chi connectivity index (χ3n) is 7.86. The summed E-state index contributed by atoms with van der Waals surface area (Å²) in [6, 6.07) is 13.0. The van der Waals surface area contributed by atoms with Crippen molar-refractivity contribution < 1.29 is 4.79 Å². The van der Waals surface area contributed by atoms with Crippen molar-refractivity contribution in [3.8, 4) is 0 Å². The molecule has 2 saturated heterocycles. The Balaban J connectivity index is 1.52. The molecule has 1 spiro atoms. The van der Waals surface area contributed by atoms with Gasteiger partial charge in [0.05, 0.1) is 12.0 Å². The number of piperidine rings is 1. The molecule has 0 saturated carbocycles. The summed E-state index contributed by atoms with van der Waals surface area (Å²) in [5, 5.41) is 3.61. The number of carbonyl (C=O) groups is 1. The van der Waals surface area contributed by atoms with Crippen molar-refractivity contribution in [1.29, 1.82) is 0 Å². The zero-order valence-corrected chi connectivity index (χ0v) is 18.2. The van der Waals surface area contributed by atoms with Crippen LogP contribution in [0.4, 0.5) is 0 Å². The number of hydrogen-bond donors (Lipinski definition) is 1. The summed E-state index contributed by atoms with van der Waals surface area (Å²) >= 11 is 0. The number of fused-ring (bicyclic) bond motifs is 2. The van der Waals surface area contributed by atoms with Gasteiger partial charge in [0.25, 0.3) is 0 Å². The fraction of sp³-hybridized carbons (Fsp3) is 0.538. The van der Waals surface area contributed by atoms with Crippen LogP contribution in [0.3, 0.4) is 0 Å². The van der Waals surface area contributed by atoms with E-state index in [0.717, 1.165) is 51.7 Å². The van der Waals surface area contributed by atoms with E-state index in [0.29, 0.717) is 11.8 Å². The lowest BCUT2D eigenvalue weighted by molar-refractivity contribution is -0.141. The SMILES string of the molecule is Cc1ccnc2c1[C@]1(CCC2)CNCC1C(=O)N1CC[C@@H](C)C[C@H]1c1ccccc1. The second kappa shape index (κ2) is 7.81. The molecule has 158 valence electrons. The van der Waals surface area contributed by atoms with Crippen LogP contribution in [0.25, 0.3) is 0 Å². The van der Waals surface area contributed by atoms with Crippen molar-refractivity contribution in [1.82, 2.24) is 15.2 Å². The monoisotopic (exact) mass is 403 g/mol. The molecule has 1 aliphatic carbocycles. The van der Waals surface area contributed by atoms with E-state index in [4.69, 9.17) is 4.98 Å². The minimum Gasteiger partial charge on any atom is -0.335 e. The fourth-order valence-electron chi connectivity index (χ4n) is 6.38. The van der Waals surface area contributed by atoms with E-state index in [2.05, 4.69) is 60.5 Å². The Morgan fingerprint density at radius 2 is 2.07 bits per heavy atom. The first-order valence-electron chi connectivity index (χ1n) is 11.6. The van der Waals surface area contributed by atoms with E-state index in [1.807, 2.05) is 6.20 Å². The zero-order valence-electron chi connectivity index (χ0n) is 18.2. The molecule has 1 aromatic carbocycles. The van der Waals surface area contributed by atoms with Gasteiger partial charge in [-0.2, -0.15) is 0 Å². The van der Waals surface area contributed by atoms with Gasteiger partial charge in [-0.1, -0.05) is 37.3 Å². The number of likely N-dealkylation sites (tertiary alicyclic amines) is 1. The van der Waals surface area contributed by atoms with Crippen LogP contribution in [-0.2, 0) is 16.6 Å². The highest BCUT2D eigenvalue weighted by Gasteiger charge is 2.52. The molecule has 2 aromatic rings. The number of nitrogens with one attached hydrogen (secondary N) is 1. The molecule has 2 aliphatic heterocycles. The third kappa shape index (κ3) is 3.17. The van der Waals surface area contributed by atoms with Crippen molar-refractivity contribution in [3.05, 3.63) is 65.0 Å². The maximum atomic E-state index is 14.2. The van der Waals surface area contributed by atoms with Gasteiger partial charge in [-0.25, -0.2) is 0 Å². The van der Waals surface area contributed by atoms with Crippen molar-refractivity contribution in [2.75, 3.05) is 19.6 Å². The van der Waals surface area contributed by atoms with Crippen LogP contribution in [0, 0.1) is 18.8 Å². The standard InChI is InChI=1S/C26H33N3O/c1-18-11-14-29(23(15-18)20-7-4-3-5-8-20)25(30)21-16-27-17-26(21)12-6-9-22-24(26)19(2)10-13-28-22/h3-5,7-8,10,13,18,21,23,27H,6,9,11-12,14-17H2,1-2H3/t18-,21?,23+,26-/m1/s1. The van der Waals surface area contributed by atoms with Crippen molar-refractivity contribution in [3.63, 3.8) is 0 Å². The average molecular weight is 404 g/mol. The number of hydrogen-bond acceptors (Lipinski definition) is 3. The van der Waals surface area contributed by atoms with Gasteiger partial charge in [-0.05, 0) is 67.7 Å². The molecule has 4 heteroatoms. The Labute approximate surface area is 180 Å². The Bertz CT molecular complexity index is 927. The highest BCUT2D eigenvalue weighted by atomic mass is 16.2. The average Bonchev–Trinajstić information content (AvgIpc) is 3.17. The van der Waals surface area contributed by atoms with Crippen LogP contribution in [0.5, 0.6) is 0 Å². The van der Waals surface area contributed by atoms with E-state index in [1.165, 1.54) is 22.4 Å². The number of aryl methyl sites for hydroxylation is 2. The molecule has 1 amide bonds. The molecular formula is C26H33N3O.